The van der Waals surface area contributed by atoms with Crippen molar-refractivity contribution in [3.05, 3.63) is 101 Å². The van der Waals surface area contributed by atoms with Gasteiger partial charge in [0, 0.05) is 29.3 Å². The molecule has 4 aromatic carbocycles. The van der Waals surface area contributed by atoms with Gasteiger partial charge in [0.1, 0.15) is 17.5 Å². The first kappa shape index (κ1) is 31.0. The number of hydrogen-bond acceptors (Lipinski definition) is 5. The Morgan fingerprint density at radius 3 is 2.05 bits per heavy atom. The number of benzene rings is 4. The molecule has 1 saturated carbocycles. The summed E-state index contributed by atoms with van der Waals surface area (Å²) in [6.45, 7) is 11.4. The van der Waals surface area contributed by atoms with E-state index >= 15 is 0 Å². The monoisotopic (exact) mass is 592 g/mol. The minimum absolute atomic E-state index is 0.334. The Hall–Kier alpha value is -4.49. The van der Waals surface area contributed by atoms with E-state index in [1.54, 1.807) is 6.07 Å². The fourth-order valence-electron chi connectivity index (χ4n) is 6.54. The minimum Gasteiger partial charge on any atom is -0.494 e. The maximum atomic E-state index is 14.4. The van der Waals surface area contributed by atoms with E-state index in [4.69, 9.17) is 4.74 Å². The van der Waals surface area contributed by atoms with E-state index in [1.165, 1.54) is 6.92 Å². The van der Waals surface area contributed by atoms with E-state index in [9.17, 15) is 19.5 Å². The number of nitrogens with one attached hydrogen (secondary N) is 2. The lowest BCUT2D eigenvalue weighted by Crippen LogP contribution is -2.56. The molecule has 0 heterocycles. The summed E-state index contributed by atoms with van der Waals surface area (Å²) in [4.78, 5) is 42.7. The van der Waals surface area contributed by atoms with Gasteiger partial charge in [-0.05, 0) is 92.8 Å². The molecular weight excluding hydrogens is 552 g/mol. The standard InChI is InChI=1S/C37H40N2O5/c1-7-44-30-19-18-25-14-8-9-15-26(25)31(30)33-32(35(41)38-27-16-10-12-21(2)23(27)4)29(40)20-37(6,43)34(33)36(42)39-28-17-11-13-22(3)24(28)5/h8-19,32-34,43H,7,20H2,1-6H3,(H,38,41)(H,39,42). The number of ketones is 1. The van der Waals surface area contributed by atoms with Crippen LogP contribution in [0.5, 0.6) is 5.75 Å². The van der Waals surface area contributed by atoms with Gasteiger partial charge < -0.3 is 20.5 Å². The summed E-state index contributed by atoms with van der Waals surface area (Å²) in [6, 6.07) is 22.6. The second-order valence-electron chi connectivity index (χ2n) is 12.1. The summed E-state index contributed by atoms with van der Waals surface area (Å²) >= 11 is 0. The van der Waals surface area contributed by atoms with Crippen molar-refractivity contribution in [3.63, 3.8) is 0 Å². The lowest BCUT2D eigenvalue weighted by molar-refractivity contribution is -0.150. The zero-order valence-corrected chi connectivity index (χ0v) is 26.2. The third kappa shape index (κ3) is 5.72. The Kier molecular flexibility index (Phi) is 8.62. The lowest BCUT2D eigenvalue weighted by atomic mass is 9.60. The largest absolute Gasteiger partial charge is 0.494 e. The van der Waals surface area contributed by atoms with Gasteiger partial charge in [0.05, 0.1) is 18.1 Å². The Morgan fingerprint density at radius 1 is 0.841 bits per heavy atom. The minimum atomic E-state index is -1.75. The number of Topliss-reactive ketones (excluding diaryl/α,β-unsaturated/α-hetero) is 1. The molecule has 1 fully saturated rings. The smallest absolute Gasteiger partial charge is 0.235 e. The van der Waals surface area contributed by atoms with Crippen LogP contribution in [0, 0.1) is 39.5 Å². The summed E-state index contributed by atoms with van der Waals surface area (Å²) in [6.07, 6.45) is -0.353. The molecule has 0 aliphatic heterocycles. The molecule has 7 heteroatoms. The molecule has 4 atom stereocenters. The van der Waals surface area contributed by atoms with E-state index in [-0.39, 0.29) is 6.42 Å². The van der Waals surface area contributed by atoms with Crippen LogP contribution in [-0.2, 0) is 14.4 Å². The number of amides is 2. The highest BCUT2D eigenvalue weighted by molar-refractivity contribution is 6.11. The second kappa shape index (κ2) is 12.2. The highest BCUT2D eigenvalue weighted by Crippen LogP contribution is 2.51. The predicted octanol–water partition coefficient (Wildman–Crippen LogP) is 6.79. The van der Waals surface area contributed by atoms with Crippen molar-refractivity contribution in [2.45, 2.75) is 59.5 Å². The molecule has 0 saturated heterocycles. The molecule has 4 unspecified atom stereocenters. The molecule has 228 valence electrons. The fourth-order valence-corrected chi connectivity index (χ4v) is 6.54. The molecule has 4 aromatic rings. The van der Waals surface area contributed by atoms with Crippen LogP contribution in [0.25, 0.3) is 10.8 Å². The van der Waals surface area contributed by atoms with Crippen molar-refractivity contribution < 1.29 is 24.2 Å². The molecule has 1 aliphatic carbocycles. The van der Waals surface area contributed by atoms with Crippen LogP contribution in [0.3, 0.4) is 0 Å². The molecule has 3 N–H and O–H groups in total. The maximum absolute atomic E-state index is 14.4. The van der Waals surface area contributed by atoms with Crippen LogP contribution in [0.15, 0.2) is 72.8 Å². The van der Waals surface area contributed by atoms with Crippen molar-refractivity contribution in [1.29, 1.82) is 0 Å². The van der Waals surface area contributed by atoms with Gasteiger partial charge in [-0.1, -0.05) is 54.6 Å². The van der Waals surface area contributed by atoms with E-state index in [2.05, 4.69) is 10.6 Å². The quantitative estimate of drug-likeness (QED) is 0.205. The van der Waals surface area contributed by atoms with Crippen LogP contribution in [0.2, 0.25) is 0 Å². The number of ether oxygens (including phenoxy) is 1. The van der Waals surface area contributed by atoms with E-state index in [1.807, 2.05) is 101 Å². The SMILES string of the molecule is CCOc1ccc2ccccc2c1C1C(C(=O)Nc2cccc(C)c2C)C(=O)CC(C)(O)C1C(=O)Nc1cccc(C)c1C. The van der Waals surface area contributed by atoms with Gasteiger partial charge in [-0.15, -0.1) is 0 Å². The van der Waals surface area contributed by atoms with Crippen molar-refractivity contribution in [2.75, 3.05) is 17.2 Å². The van der Waals surface area contributed by atoms with Gasteiger partial charge in [0.25, 0.3) is 0 Å². The van der Waals surface area contributed by atoms with Gasteiger partial charge in [0.2, 0.25) is 11.8 Å². The fraction of sp³-hybridized carbons (Fsp3) is 0.324. The summed E-state index contributed by atoms with van der Waals surface area (Å²) in [5.41, 5.74) is 3.80. The molecule has 0 radical (unpaired) electrons. The Morgan fingerprint density at radius 2 is 1.43 bits per heavy atom. The third-order valence-corrected chi connectivity index (χ3v) is 9.12. The average Bonchev–Trinajstić information content (AvgIpc) is 2.97. The first-order valence-electron chi connectivity index (χ1n) is 15.1. The van der Waals surface area contributed by atoms with Crippen molar-refractivity contribution in [1.82, 2.24) is 0 Å². The first-order chi connectivity index (χ1) is 20.9. The maximum Gasteiger partial charge on any atom is 0.235 e. The van der Waals surface area contributed by atoms with Crippen molar-refractivity contribution in [2.24, 2.45) is 11.8 Å². The van der Waals surface area contributed by atoms with Crippen LogP contribution in [0.1, 0.15) is 54.0 Å². The number of aryl methyl sites for hydroxylation is 2. The van der Waals surface area contributed by atoms with E-state index in [0.29, 0.717) is 29.3 Å². The zero-order chi connectivity index (χ0) is 31.8. The highest BCUT2D eigenvalue weighted by atomic mass is 16.5. The number of hydrogen-bond donors (Lipinski definition) is 3. The van der Waals surface area contributed by atoms with Crippen LogP contribution in [-0.4, -0.2) is 34.9 Å². The number of carbonyl (C=O) groups excluding carboxylic acids is 3. The Balaban J connectivity index is 1.73. The Labute approximate surface area is 258 Å². The molecule has 44 heavy (non-hydrogen) atoms. The topological polar surface area (TPSA) is 105 Å². The molecule has 2 amide bonds. The van der Waals surface area contributed by atoms with Gasteiger partial charge in [0.15, 0.2) is 0 Å². The number of anilines is 2. The number of carbonyl (C=O) groups is 3. The predicted molar refractivity (Wildman–Crippen MR) is 174 cm³/mol. The van der Waals surface area contributed by atoms with Crippen molar-refractivity contribution >= 4 is 39.7 Å². The normalized spacial score (nSPS) is 21.6. The van der Waals surface area contributed by atoms with E-state index in [0.717, 1.165) is 33.0 Å². The first-order valence-corrected chi connectivity index (χ1v) is 15.1. The van der Waals surface area contributed by atoms with Gasteiger partial charge in [-0.3, -0.25) is 14.4 Å². The molecule has 0 bridgehead atoms. The molecule has 0 spiro atoms. The molecule has 5 rings (SSSR count). The number of rotatable bonds is 7. The molecular formula is C37H40N2O5. The lowest BCUT2D eigenvalue weighted by Gasteiger charge is -2.45. The zero-order valence-electron chi connectivity index (χ0n) is 26.2. The summed E-state index contributed by atoms with van der Waals surface area (Å²) in [7, 11) is 0. The van der Waals surface area contributed by atoms with Gasteiger partial charge >= 0.3 is 0 Å². The summed E-state index contributed by atoms with van der Waals surface area (Å²) < 4.78 is 6.11. The van der Waals surface area contributed by atoms with Crippen LogP contribution >= 0.6 is 0 Å². The van der Waals surface area contributed by atoms with Gasteiger partial charge in [-0.25, -0.2) is 0 Å². The van der Waals surface area contributed by atoms with Crippen LogP contribution in [0.4, 0.5) is 11.4 Å². The molecule has 7 nitrogen and oxygen atoms in total. The second-order valence-corrected chi connectivity index (χ2v) is 12.1. The van der Waals surface area contributed by atoms with Gasteiger partial charge in [-0.2, -0.15) is 0 Å². The summed E-state index contributed by atoms with van der Waals surface area (Å²) in [5, 5.41) is 19.6. The summed E-state index contributed by atoms with van der Waals surface area (Å²) in [5.74, 6) is -4.43. The molecule has 1 aliphatic rings. The molecule has 0 aromatic heterocycles. The third-order valence-electron chi connectivity index (χ3n) is 9.12. The highest BCUT2D eigenvalue weighted by Gasteiger charge is 2.57. The van der Waals surface area contributed by atoms with Crippen LogP contribution < -0.4 is 15.4 Å². The Bertz CT molecular complexity index is 1760. The number of fused-ring (bicyclic) bond motifs is 1. The number of aliphatic hydroxyl groups is 1. The van der Waals surface area contributed by atoms with Crippen molar-refractivity contribution in [3.8, 4) is 5.75 Å². The van der Waals surface area contributed by atoms with E-state index < -0.39 is 41.0 Å². The average molecular weight is 593 g/mol.